The number of benzene rings is 1. The van der Waals surface area contributed by atoms with Crippen molar-refractivity contribution in [3.63, 3.8) is 0 Å². The Balaban J connectivity index is 2.12. The van der Waals surface area contributed by atoms with E-state index >= 15 is 0 Å². The van der Waals surface area contributed by atoms with Crippen molar-refractivity contribution in [3.8, 4) is 0 Å². The molecule has 1 aliphatic rings. The third-order valence-electron chi connectivity index (χ3n) is 3.78. The topological polar surface area (TPSA) is 84.7 Å². The molecule has 0 aromatic heterocycles. The average Bonchev–Trinajstić information content (AvgIpc) is 2.48. The molecular formula is C14H23N3O3S. The van der Waals surface area contributed by atoms with Crippen molar-refractivity contribution in [1.82, 2.24) is 4.72 Å². The number of anilines is 2. The minimum absolute atomic E-state index is 0.114. The van der Waals surface area contributed by atoms with Crippen LogP contribution in [-0.2, 0) is 14.8 Å². The van der Waals surface area contributed by atoms with E-state index in [-0.39, 0.29) is 10.6 Å². The molecule has 0 amide bonds. The number of nitrogens with two attached hydrogens (primary N) is 1. The Bertz CT molecular complexity index is 583. The third-order valence-corrected chi connectivity index (χ3v) is 5.27. The Kier molecular flexibility index (Phi) is 5.08. The molecule has 0 spiro atoms. The van der Waals surface area contributed by atoms with Crippen LogP contribution in [0.2, 0.25) is 0 Å². The summed E-state index contributed by atoms with van der Waals surface area (Å²) in [4.78, 5) is 2.20. The predicted octanol–water partition coefficient (Wildman–Crippen LogP) is 1.04. The Morgan fingerprint density at radius 1 is 1.48 bits per heavy atom. The first-order valence-corrected chi connectivity index (χ1v) is 8.54. The molecule has 1 heterocycles. The van der Waals surface area contributed by atoms with Gasteiger partial charge < -0.3 is 15.4 Å². The molecule has 2 rings (SSSR count). The van der Waals surface area contributed by atoms with E-state index in [2.05, 4.69) is 9.62 Å². The van der Waals surface area contributed by atoms with Gasteiger partial charge in [-0.3, -0.25) is 0 Å². The van der Waals surface area contributed by atoms with Crippen LogP contribution in [0.4, 0.5) is 11.4 Å². The molecule has 3 N–H and O–H groups in total. The number of hydrogen-bond donors (Lipinski definition) is 2. The van der Waals surface area contributed by atoms with Gasteiger partial charge >= 0.3 is 0 Å². The molecule has 0 aliphatic carbocycles. The van der Waals surface area contributed by atoms with Crippen molar-refractivity contribution in [3.05, 3.63) is 18.2 Å². The van der Waals surface area contributed by atoms with Crippen molar-refractivity contribution >= 4 is 21.4 Å². The lowest BCUT2D eigenvalue weighted by molar-refractivity contribution is 0.0576. The summed E-state index contributed by atoms with van der Waals surface area (Å²) in [5, 5.41) is 0. The Hall–Kier alpha value is -1.31. The van der Waals surface area contributed by atoms with Crippen LogP contribution in [0.1, 0.15) is 12.8 Å². The maximum absolute atomic E-state index is 11.8. The van der Waals surface area contributed by atoms with E-state index in [9.17, 15) is 8.42 Å². The van der Waals surface area contributed by atoms with Gasteiger partial charge in [0.2, 0.25) is 10.0 Å². The van der Waals surface area contributed by atoms with Crippen molar-refractivity contribution < 1.29 is 13.2 Å². The standard InChI is InChI=1S/C14H23N3O3S/c1-16-21(18,19)14-6-5-12(8-13(14)15)17(2)9-11-4-3-7-20-10-11/h5-6,8,11,16H,3-4,7,9-10,15H2,1-2H3. The zero-order valence-corrected chi connectivity index (χ0v) is 13.3. The highest BCUT2D eigenvalue weighted by molar-refractivity contribution is 7.89. The summed E-state index contributed by atoms with van der Waals surface area (Å²) >= 11 is 0. The minimum Gasteiger partial charge on any atom is -0.398 e. The second-order valence-corrected chi connectivity index (χ2v) is 7.25. The largest absolute Gasteiger partial charge is 0.398 e. The predicted molar refractivity (Wildman–Crippen MR) is 83.9 cm³/mol. The zero-order valence-electron chi connectivity index (χ0n) is 12.5. The van der Waals surface area contributed by atoms with Gasteiger partial charge in [-0.15, -0.1) is 0 Å². The van der Waals surface area contributed by atoms with Gasteiger partial charge in [0.25, 0.3) is 0 Å². The number of ether oxygens (including phenoxy) is 1. The van der Waals surface area contributed by atoms with Crippen LogP contribution < -0.4 is 15.4 Å². The molecule has 1 fully saturated rings. The van der Waals surface area contributed by atoms with Gasteiger partial charge in [0, 0.05) is 25.9 Å². The number of hydrogen-bond acceptors (Lipinski definition) is 5. The number of rotatable bonds is 5. The summed E-state index contributed by atoms with van der Waals surface area (Å²) < 4.78 is 31.4. The lowest BCUT2D eigenvalue weighted by Crippen LogP contribution is -2.31. The highest BCUT2D eigenvalue weighted by Gasteiger charge is 2.19. The minimum atomic E-state index is -3.51. The molecule has 0 bridgehead atoms. The van der Waals surface area contributed by atoms with Gasteiger partial charge in [-0.2, -0.15) is 0 Å². The first-order chi connectivity index (χ1) is 9.94. The number of sulfonamides is 1. The highest BCUT2D eigenvalue weighted by atomic mass is 32.2. The molecule has 1 aromatic rings. The van der Waals surface area contributed by atoms with Gasteiger partial charge in [0.05, 0.1) is 12.3 Å². The lowest BCUT2D eigenvalue weighted by Gasteiger charge is -2.28. The van der Waals surface area contributed by atoms with Crippen molar-refractivity contribution in [2.75, 3.05) is 44.5 Å². The summed E-state index contributed by atoms with van der Waals surface area (Å²) in [6, 6.07) is 5.03. The summed E-state index contributed by atoms with van der Waals surface area (Å²) in [7, 11) is -0.157. The number of nitrogen functional groups attached to an aromatic ring is 1. The SMILES string of the molecule is CNS(=O)(=O)c1ccc(N(C)CC2CCCOC2)cc1N. The van der Waals surface area contributed by atoms with E-state index in [1.807, 2.05) is 7.05 Å². The Morgan fingerprint density at radius 3 is 2.81 bits per heavy atom. The van der Waals surface area contributed by atoms with E-state index in [1.54, 1.807) is 18.2 Å². The molecule has 0 radical (unpaired) electrons. The fraction of sp³-hybridized carbons (Fsp3) is 0.571. The van der Waals surface area contributed by atoms with Crippen molar-refractivity contribution in [2.45, 2.75) is 17.7 Å². The van der Waals surface area contributed by atoms with Gasteiger partial charge in [-0.25, -0.2) is 13.1 Å². The van der Waals surface area contributed by atoms with E-state index < -0.39 is 10.0 Å². The van der Waals surface area contributed by atoms with E-state index in [0.29, 0.717) is 5.92 Å². The summed E-state index contributed by atoms with van der Waals surface area (Å²) in [5.74, 6) is 0.505. The molecule has 1 atom stereocenters. The Morgan fingerprint density at radius 2 is 2.24 bits per heavy atom. The maximum Gasteiger partial charge on any atom is 0.242 e. The fourth-order valence-electron chi connectivity index (χ4n) is 2.57. The molecule has 7 heteroatoms. The number of nitrogens with zero attached hydrogens (tertiary/aromatic N) is 1. The van der Waals surface area contributed by atoms with Crippen molar-refractivity contribution in [1.29, 1.82) is 0 Å². The van der Waals surface area contributed by atoms with Gasteiger partial charge in [-0.1, -0.05) is 0 Å². The maximum atomic E-state index is 11.8. The molecular weight excluding hydrogens is 290 g/mol. The van der Waals surface area contributed by atoms with Crippen LogP contribution in [0, 0.1) is 5.92 Å². The van der Waals surface area contributed by atoms with Crippen LogP contribution in [0.3, 0.4) is 0 Å². The molecule has 0 saturated carbocycles. The normalized spacial score (nSPS) is 19.4. The zero-order chi connectivity index (χ0) is 15.5. The second-order valence-electron chi connectivity index (χ2n) is 5.39. The summed E-state index contributed by atoms with van der Waals surface area (Å²) in [6.07, 6.45) is 2.26. The summed E-state index contributed by atoms with van der Waals surface area (Å²) in [6.45, 7) is 2.51. The van der Waals surface area contributed by atoms with Gasteiger partial charge in [0.1, 0.15) is 4.90 Å². The van der Waals surface area contributed by atoms with Crippen LogP contribution in [0.15, 0.2) is 23.1 Å². The molecule has 1 aromatic carbocycles. The molecule has 1 saturated heterocycles. The van der Waals surface area contributed by atoms with Crippen LogP contribution >= 0.6 is 0 Å². The van der Waals surface area contributed by atoms with Crippen LogP contribution in [0.25, 0.3) is 0 Å². The quantitative estimate of drug-likeness (QED) is 0.794. The van der Waals surface area contributed by atoms with Crippen LogP contribution in [-0.4, -0.2) is 42.3 Å². The lowest BCUT2D eigenvalue weighted by atomic mass is 10.0. The van der Waals surface area contributed by atoms with Crippen LogP contribution in [0.5, 0.6) is 0 Å². The third kappa shape index (κ3) is 3.87. The van der Waals surface area contributed by atoms with E-state index in [4.69, 9.17) is 10.5 Å². The smallest absolute Gasteiger partial charge is 0.242 e. The molecule has 1 unspecified atom stereocenters. The second kappa shape index (κ2) is 6.64. The molecule has 6 nitrogen and oxygen atoms in total. The van der Waals surface area contributed by atoms with Crippen molar-refractivity contribution in [2.24, 2.45) is 5.92 Å². The first-order valence-electron chi connectivity index (χ1n) is 7.06. The first kappa shape index (κ1) is 16.1. The monoisotopic (exact) mass is 313 g/mol. The fourth-order valence-corrected chi connectivity index (χ4v) is 3.41. The Labute approximate surface area is 126 Å². The molecule has 1 aliphatic heterocycles. The van der Waals surface area contributed by atoms with Gasteiger partial charge in [-0.05, 0) is 44.0 Å². The average molecular weight is 313 g/mol. The molecule has 21 heavy (non-hydrogen) atoms. The van der Waals surface area contributed by atoms with Gasteiger partial charge in [0.15, 0.2) is 0 Å². The van der Waals surface area contributed by atoms with E-state index in [0.717, 1.165) is 38.3 Å². The van der Waals surface area contributed by atoms with E-state index in [1.165, 1.54) is 7.05 Å². The summed E-state index contributed by atoms with van der Waals surface area (Å²) in [5.41, 5.74) is 7.05. The number of nitrogens with one attached hydrogen (secondary N) is 1. The molecule has 118 valence electrons. The highest BCUT2D eigenvalue weighted by Crippen LogP contribution is 2.25.